The van der Waals surface area contributed by atoms with Crippen LogP contribution in [0.5, 0.6) is 0 Å². The van der Waals surface area contributed by atoms with E-state index in [1.54, 1.807) is 18.0 Å². The number of aromatic nitrogens is 1. The number of carbonyl (C=O) groups excluding carboxylic acids is 1. The van der Waals surface area contributed by atoms with E-state index in [1.807, 2.05) is 36.6 Å². The van der Waals surface area contributed by atoms with Crippen molar-refractivity contribution in [1.82, 2.24) is 10.3 Å². The van der Waals surface area contributed by atoms with Crippen LogP contribution in [0.3, 0.4) is 0 Å². The number of hydrogen-bond acceptors (Lipinski definition) is 4. The zero-order valence-corrected chi connectivity index (χ0v) is 12.3. The summed E-state index contributed by atoms with van der Waals surface area (Å²) in [6.07, 6.45) is 4.46. The highest BCUT2D eigenvalue weighted by Gasteiger charge is 2.12. The number of nitrogens with one attached hydrogen (secondary N) is 1. The smallest absolute Gasteiger partial charge is 0.237 e. The Morgan fingerprint density at radius 3 is 3.00 bits per heavy atom. The van der Waals surface area contributed by atoms with Gasteiger partial charge >= 0.3 is 0 Å². The molecule has 0 saturated carbocycles. The van der Waals surface area contributed by atoms with Crippen LogP contribution in [0.1, 0.15) is 12.0 Å². The lowest BCUT2D eigenvalue weighted by molar-refractivity contribution is -0.122. The van der Waals surface area contributed by atoms with Crippen LogP contribution in [-0.2, 0) is 11.3 Å². The highest BCUT2D eigenvalue weighted by molar-refractivity contribution is 7.98. The topological polar surface area (TPSA) is 68.0 Å². The Kier molecular flexibility index (Phi) is 5.38. The molecule has 0 fully saturated rings. The number of fused-ring (bicyclic) bond motifs is 1. The van der Waals surface area contributed by atoms with Gasteiger partial charge in [0.15, 0.2) is 0 Å². The van der Waals surface area contributed by atoms with Gasteiger partial charge in [0.25, 0.3) is 0 Å². The van der Waals surface area contributed by atoms with Gasteiger partial charge in [0.05, 0.1) is 11.6 Å². The molecule has 20 heavy (non-hydrogen) atoms. The molecule has 2 rings (SSSR count). The first kappa shape index (κ1) is 14.8. The molecular weight excluding hydrogens is 270 g/mol. The van der Waals surface area contributed by atoms with E-state index >= 15 is 0 Å². The van der Waals surface area contributed by atoms with Gasteiger partial charge < -0.3 is 11.1 Å². The number of nitrogens with two attached hydrogens (primary N) is 1. The van der Waals surface area contributed by atoms with Crippen LogP contribution in [0.4, 0.5) is 0 Å². The number of benzene rings is 1. The SMILES string of the molecule is CSCC[C@@H](N)C(=O)NCc1cccc2cccnc12. The summed E-state index contributed by atoms with van der Waals surface area (Å²) in [5, 5.41) is 3.96. The van der Waals surface area contributed by atoms with Gasteiger partial charge in [0, 0.05) is 18.1 Å². The number of pyridine rings is 1. The Labute approximate surface area is 123 Å². The summed E-state index contributed by atoms with van der Waals surface area (Å²) in [5.74, 6) is 0.789. The molecule has 0 unspecified atom stereocenters. The summed E-state index contributed by atoms with van der Waals surface area (Å²) in [7, 11) is 0. The maximum Gasteiger partial charge on any atom is 0.237 e. The Morgan fingerprint density at radius 2 is 2.20 bits per heavy atom. The molecule has 1 amide bonds. The van der Waals surface area contributed by atoms with Crippen molar-refractivity contribution in [2.24, 2.45) is 5.73 Å². The first-order chi connectivity index (χ1) is 9.72. The minimum absolute atomic E-state index is 0.105. The molecule has 5 heteroatoms. The molecule has 1 heterocycles. The van der Waals surface area contributed by atoms with Gasteiger partial charge in [-0.2, -0.15) is 11.8 Å². The van der Waals surface area contributed by atoms with Crippen molar-refractivity contribution in [3.8, 4) is 0 Å². The zero-order chi connectivity index (χ0) is 14.4. The average Bonchev–Trinajstić information content (AvgIpc) is 2.50. The number of para-hydroxylation sites is 1. The van der Waals surface area contributed by atoms with E-state index in [2.05, 4.69) is 10.3 Å². The van der Waals surface area contributed by atoms with E-state index in [4.69, 9.17) is 5.73 Å². The quantitative estimate of drug-likeness (QED) is 0.852. The van der Waals surface area contributed by atoms with Crippen LogP contribution in [-0.4, -0.2) is 28.9 Å². The second-order valence-electron chi connectivity index (χ2n) is 4.60. The van der Waals surface area contributed by atoms with E-state index in [0.29, 0.717) is 13.0 Å². The Hall–Kier alpha value is -1.59. The molecular formula is C15H19N3OS. The Bertz CT molecular complexity index is 583. The lowest BCUT2D eigenvalue weighted by Gasteiger charge is -2.12. The monoisotopic (exact) mass is 289 g/mol. The maximum atomic E-state index is 11.9. The highest BCUT2D eigenvalue weighted by atomic mass is 32.2. The fraction of sp³-hybridized carbons (Fsp3) is 0.333. The molecule has 4 nitrogen and oxygen atoms in total. The van der Waals surface area contributed by atoms with E-state index in [9.17, 15) is 4.79 Å². The molecule has 0 bridgehead atoms. The van der Waals surface area contributed by atoms with Crippen LogP contribution in [0.2, 0.25) is 0 Å². The van der Waals surface area contributed by atoms with Gasteiger partial charge in [0.1, 0.15) is 0 Å². The second kappa shape index (κ2) is 7.26. The third kappa shape index (κ3) is 3.71. The van der Waals surface area contributed by atoms with Gasteiger partial charge in [-0.1, -0.05) is 24.3 Å². The van der Waals surface area contributed by atoms with Crippen molar-refractivity contribution >= 4 is 28.6 Å². The summed E-state index contributed by atoms with van der Waals surface area (Å²) in [5.41, 5.74) is 7.77. The molecule has 0 aliphatic carbocycles. The van der Waals surface area contributed by atoms with Crippen molar-refractivity contribution in [3.63, 3.8) is 0 Å². The first-order valence-corrected chi connectivity index (χ1v) is 7.96. The number of thioether (sulfide) groups is 1. The molecule has 0 spiro atoms. The molecule has 2 aromatic rings. The minimum Gasteiger partial charge on any atom is -0.351 e. The van der Waals surface area contributed by atoms with Crippen molar-refractivity contribution in [3.05, 3.63) is 42.1 Å². The fourth-order valence-corrected chi connectivity index (χ4v) is 2.49. The van der Waals surface area contributed by atoms with Crippen LogP contribution >= 0.6 is 11.8 Å². The normalized spacial score (nSPS) is 12.3. The van der Waals surface area contributed by atoms with E-state index in [1.165, 1.54) is 0 Å². The summed E-state index contributed by atoms with van der Waals surface area (Å²) < 4.78 is 0. The van der Waals surface area contributed by atoms with E-state index in [0.717, 1.165) is 22.2 Å². The van der Waals surface area contributed by atoms with Gasteiger partial charge in [-0.05, 0) is 30.1 Å². The average molecular weight is 289 g/mol. The third-order valence-electron chi connectivity index (χ3n) is 3.14. The summed E-state index contributed by atoms with van der Waals surface area (Å²) in [4.78, 5) is 16.3. The van der Waals surface area contributed by atoms with Gasteiger partial charge in [0.2, 0.25) is 5.91 Å². The third-order valence-corrected chi connectivity index (χ3v) is 3.78. The standard InChI is InChI=1S/C15H19N3OS/c1-20-9-7-13(16)15(19)18-10-12-5-2-4-11-6-3-8-17-14(11)12/h2-6,8,13H,7,9-10,16H2,1H3,(H,18,19)/t13-/m1/s1. The molecule has 1 atom stereocenters. The molecule has 0 aliphatic rings. The van der Waals surface area contributed by atoms with Gasteiger partial charge in [-0.25, -0.2) is 0 Å². The molecule has 0 radical (unpaired) electrons. The summed E-state index contributed by atoms with van der Waals surface area (Å²) >= 11 is 1.69. The van der Waals surface area contributed by atoms with Gasteiger partial charge in [-0.3, -0.25) is 9.78 Å². The van der Waals surface area contributed by atoms with Crippen LogP contribution in [0.25, 0.3) is 10.9 Å². The van der Waals surface area contributed by atoms with E-state index < -0.39 is 6.04 Å². The van der Waals surface area contributed by atoms with Crippen LogP contribution < -0.4 is 11.1 Å². The largest absolute Gasteiger partial charge is 0.351 e. The Morgan fingerprint density at radius 1 is 1.40 bits per heavy atom. The van der Waals surface area contributed by atoms with E-state index in [-0.39, 0.29) is 5.91 Å². The predicted octanol–water partition coefficient (Wildman–Crippen LogP) is 1.93. The molecule has 3 N–H and O–H groups in total. The van der Waals surface area contributed by atoms with Gasteiger partial charge in [-0.15, -0.1) is 0 Å². The molecule has 106 valence electrons. The zero-order valence-electron chi connectivity index (χ0n) is 11.5. The summed E-state index contributed by atoms with van der Waals surface area (Å²) in [6, 6.07) is 9.44. The van der Waals surface area contributed by atoms with Crippen molar-refractivity contribution in [1.29, 1.82) is 0 Å². The minimum atomic E-state index is -0.439. The fourth-order valence-electron chi connectivity index (χ4n) is 2.00. The number of hydrogen-bond donors (Lipinski definition) is 2. The molecule has 1 aromatic heterocycles. The van der Waals surface area contributed by atoms with Crippen molar-refractivity contribution < 1.29 is 4.79 Å². The van der Waals surface area contributed by atoms with Crippen LogP contribution in [0.15, 0.2) is 36.5 Å². The molecule has 1 aromatic carbocycles. The predicted molar refractivity (Wildman–Crippen MR) is 84.6 cm³/mol. The highest BCUT2D eigenvalue weighted by Crippen LogP contribution is 2.15. The summed E-state index contributed by atoms with van der Waals surface area (Å²) in [6.45, 7) is 0.458. The Balaban J connectivity index is 2.01. The second-order valence-corrected chi connectivity index (χ2v) is 5.58. The lowest BCUT2D eigenvalue weighted by atomic mass is 10.1. The van der Waals surface area contributed by atoms with Crippen molar-refractivity contribution in [2.75, 3.05) is 12.0 Å². The first-order valence-electron chi connectivity index (χ1n) is 6.57. The van der Waals surface area contributed by atoms with Crippen LogP contribution in [0, 0.1) is 0 Å². The molecule has 0 aliphatic heterocycles. The lowest BCUT2D eigenvalue weighted by Crippen LogP contribution is -2.40. The number of amides is 1. The van der Waals surface area contributed by atoms with Crippen molar-refractivity contribution in [2.45, 2.75) is 19.0 Å². The number of rotatable bonds is 6. The maximum absolute atomic E-state index is 11.9. The number of nitrogens with zero attached hydrogens (tertiary/aromatic N) is 1. The molecule has 0 saturated heterocycles. The number of carbonyl (C=O) groups is 1.